The number of hydrogen-bond acceptors (Lipinski definition) is 5. The highest BCUT2D eigenvalue weighted by Crippen LogP contribution is 2.21. The van der Waals surface area contributed by atoms with E-state index in [1.165, 1.54) is 25.0 Å². The van der Waals surface area contributed by atoms with Gasteiger partial charge in [0, 0.05) is 5.92 Å². The van der Waals surface area contributed by atoms with E-state index in [9.17, 15) is 17.6 Å². The van der Waals surface area contributed by atoms with Gasteiger partial charge in [0.2, 0.25) is 0 Å². The molecule has 1 amide bonds. The molecular formula is C17H24FN2O5S+. The van der Waals surface area contributed by atoms with Gasteiger partial charge in [-0.15, -0.1) is 0 Å². The van der Waals surface area contributed by atoms with E-state index in [1.807, 2.05) is 0 Å². The molecule has 0 saturated carbocycles. The molecule has 3 rings (SSSR count). The van der Waals surface area contributed by atoms with Crippen molar-refractivity contribution >= 4 is 16.4 Å². The van der Waals surface area contributed by atoms with E-state index in [1.54, 1.807) is 9.62 Å². The van der Waals surface area contributed by atoms with Crippen molar-refractivity contribution < 1.29 is 31.4 Å². The molecule has 9 heteroatoms. The number of nitrogens with one attached hydrogen (secondary N) is 2. The Morgan fingerprint density at radius 3 is 2.77 bits per heavy atom. The number of quaternary nitrogens is 1. The van der Waals surface area contributed by atoms with Crippen LogP contribution >= 0.6 is 0 Å². The number of ether oxygens (including phenoxy) is 1. The molecule has 2 aliphatic rings. The minimum atomic E-state index is -4.50. The lowest BCUT2D eigenvalue weighted by atomic mass is 9.84. The van der Waals surface area contributed by atoms with Crippen molar-refractivity contribution in [2.24, 2.45) is 5.92 Å². The highest BCUT2D eigenvalue weighted by molar-refractivity contribution is 7.85. The molecule has 0 aliphatic carbocycles. The van der Waals surface area contributed by atoms with Gasteiger partial charge < -0.3 is 13.8 Å². The molecule has 0 bridgehead atoms. The number of para-hydroxylation sites is 1. The van der Waals surface area contributed by atoms with Gasteiger partial charge >= 0.3 is 16.4 Å². The highest BCUT2D eigenvalue weighted by atomic mass is 32.2. The van der Waals surface area contributed by atoms with Crippen LogP contribution in [0.1, 0.15) is 32.1 Å². The van der Waals surface area contributed by atoms with Crippen LogP contribution in [0.25, 0.3) is 0 Å². The third-order valence-corrected chi connectivity index (χ3v) is 5.92. The largest absolute Gasteiger partial charge is 0.448 e. The molecule has 0 spiro atoms. The van der Waals surface area contributed by atoms with Crippen LogP contribution in [0.5, 0.6) is 5.75 Å². The van der Waals surface area contributed by atoms with Crippen molar-refractivity contribution in [1.29, 1.82) is 0 Å². The SMILES string of the molecule is O=C(NS(=O)(=O)Oc1ccccc1F)OCC1CCC[NH+]2CCCCC12. The molecule has 26 heavy (non-hydrogen) atoms. The van der Waals surface area contributed by atoms with Crippen molar-refractivity contribution in [1.82, 2.24) is 4.72 Å². The maximum absolute atomic E-state index is 13.5. The normalized spacial score (nSPS) is 25.8. The Kier molecular flexibility index (Phi) is 5.98. The Balaban J connectivity index is 1.51. The Morgan fingerprint density at radius 2 is 1.96 bits per heavy atom. The molecule has 1 aromatic carbocycles. The first-order valence-corrected chi connectivity index (χ1v) is 10.3. The van der Waals surface area contributed by atoms with Gasteiger partial charge in [-0.25, -0.2) is 9.18 Å². The topological polar surface area (TPSA) is 86.1 Å². The van der Waals surface area contributed by atoms with Gasteiger partial charge in [0.15, 0.2) is 11.6 Å². The summed E-state index contributed by atoms with van der Waals surface area (Å²) in [7, 11) is -4.50. The van der Waals surface area contributed by atoms with Crippen molar-refractivity contribution in [2.45, 2.75) is 38.1 Å². The maximum Gasteiger partial charge on any atom is 0.423 e. The molecule has 2 aliphatic heterocycles. The minimum Gasteiger partial charge on any atom is -0.448 e. The summed E-state index contributed by atoms with van der Waals surface area (Å²) in [5.41, 5.74) is 0. The van der Waals surface area contributed by atoms with Gasteiger partial charge in [-0.1, -0.05) is 12.1 Å². The predicted molar refractivity (Wildman–Crippen MR) is 91.5 cm³/mol. The average Bonchev–Trinajstić information content (AvgIpc) is 2.61. The van der Waals surface area contributed by atoms with Gasteiger partial charge in [0.05, 0.1) is 19.1 Å². The third kappa shape index (κ3) is 4.85. The van der Waals surface area contributed by atoms with E-state index >= 15 is 0 Å². The fourth-order valence-electron chi connectivity index (χ4n) is 3.94. The number of halogens is 1. The fraction of sp³-hybridized carbons (Fsp3) is 0.588. The molecule has 3 atom stereocenters. The van der Waals surface area contributed by atoms with Crippen molar-refractivity contribution in [3.05, 3.63) is 30.1 Å². The zero-order valence-corrected chi connectivity index (χ0v) is 15.3. The summed E-state index contributed by atoms with van der Waals surface area (Å²) in [5.74, 6) is -1.09. The molecular weight excluding hydrogens is 363 g/mol. The number of carbonyl (C=O) groups is 1. The second-order valence-electron chi connectivity index (χ2n) is 6.83. The molecule has 0 radical (unpaired) electrons. The zero-order chi connectivity index (χ0) is 18.6. The molecule has 144 valence electrons. The lowest BCUT2D eigenvalue weighted by Crippen LogP contribution is -3.18. The van der Waals surface area contributed by atoms with Gasteiger partial charge in [-0.3, -0.25) is 0 Å². The number of rotatable bonds is 5. The van der Waals surface area contributed by atoms with Crippen LogP contribution in [0.15, 0.2) is 24.3 Å². The molecule has 2 heterocycles. The monoisotopic (exact) mass is 387 g/mol. The molecule has 3 unspecified atom stereocenters. The molecule has 2 fully saturated rings. The predicted octanol–water partition coefficient (Wildman–Crippen LogP) is 1.02. The molecule has 0 aromatic heterocycles. The van der Waals surface area contributed by atoms with Gasteiger partial charge in [-0.05, 0) is 44.2 Å². The van der Waals surface area contributed by atoms with E-state index < -0.39 is 28.0 Å². The lowest BCUT2D eigenvalue weighted by molar-refractivity contribution is -0.940. The summed E-state index contributed by atoms with van der Waals surface area (Å²) in [6.07, 6.45) is 4.47. The summed E-state index contributed by atoms with van der Waals surface area (Å²) >= 11 is 0. The Morgan fingerprint density at radius 1 is 1.19 bits per heavy atom. The summed E-state index contributed by atoms with van der Waals surface area (Å²) in [6, 6.07) is 5.51. The standard InChI is InChI=1S/C17H23FN2O5S/c18-14-7-1-2-9-16(14)25-26(22,23)19-17(21)24-12-13-6-5-11-20-10-4-3-8-15(13)20/h1-2,7,9,13,15H,3-6,8,10-12H2,(H,19,21)/p+1. The van der Waals surface area contributed by atoms with Crippen LogP contribution in [-0.4, -0.2) is 40.2 Å². The van der Waals surface area contributed by atoms with Crippen LogP contribution < -0.4 is 13.8 Å². The number of hydrogen-bond donors (Lipinski definition) is 2. The Labute approximate surface area is 152 Å². The fourth-order valence-corrected chi connectivity index (χ4v) is 4.62. The van der Waals surface area contributed by atoms with E-state index in [0.717, 1.165) is 44.5 Å². The van der Waals surface area contributed by atoms with E-state index in [2.05, 4.69) is 4.18 Å². The maximum atomic E-state index is 13.5. The number of fused-ring (bicyclic) bond motifs is 1. The van der Waals surface area contributed by atoms with Gasteiger partial charge in [0.25, 0.3) is 0 Å². The van der Waals surface area contributed by atoms with E-state index in [-0.39, 0.29) is 12.5 Å². The summed E-state index contributed by atoms with van der Waals surface area (Å²) in [6.45, 7) is 2.48. The molecule has 1 aromatic rings. The number of carbonyl (C=O) groups excluding carboxylic acids is 1. The molecule has 7 nitrogen and oxygen atoms in total. The summed E-state index contributed by atoms with van der Waals surface area (Å²) in [5, 5.41) is 0. The van der Waals surface area contributed by atoms with Crippen LogP contribution in [0, 0.1) is 11.7 Å². The molecule has 2 saturated heterocycles. The Hall–Kier alpha value is -1.87. The van der Waals surface area contributed by atoms with Gasteiger partial charge in [-0.2, -0.15) is 13.1 Å². The average molecular weight is 387 g/mol. The quantitative estimate of drug-likeness (QED) is 0.788. The highest BCUT2D eigenvalue weighted by Gasteiger charge is 2.37. The number of piperidine rings is 2. The first kappa shape index (κ1) is 18.9. The Bertz CT molecular complexity index is 740. The summed E-state index contributed by atoms with van der Waals surface area (Å²) in [4.78, 5) is 13.4. The first-order chi connectivity index (χ1) is 12.4. The first-order valence-electron chi connectivity index (χ1n) is 8.93. The number of benzene rings is 1. The third-order valence-electron chi connectivity index (χ3n) is 5.10. The van der Waals surface area contributed by atoms with Crippen LogP contribution in [0.4, 0.5) is 9.18 Å². The second-order valence-corrected chi connectivity index (χ2v) is 8.11. The van der Waals surface area contributed by atoms with E-state index in [4.69, 9.17) is 4.74 Å². The van der Waals surface area contributed by atoms with Crippen LogP contribution in [0.3, 0.4) is 0 Å². The lowest BCUT2D eigenvalue weighted by Gasteiger charge is -2.40. The van der Waals surface area contributed by atoms with Crippen molar-refractivity contribution in [3.63, 3.8) is 0 Å². The van der Waals surface area contributed by atoms with Crippen molar-refractivity contribution in [2.75, 3.05) is 19.7 Å². The smallest absolute Gasteiger partial charge is 0.423 e. The van der Waals surface area contributed by atoms with Crippen LogP contribution in [-0.2, 0) is 15.0 Å². The van der Waals surface area contributed by atoms with Crippen molar-refractivity contribution in [3.8, 4) is 5.75 Å². The van der Waals surface area contributed by atoms with Crippen LogP contribution in [0.2, 0.25) is 0 Å². The molecule has 2 N–H and O–H groups in total. The van der Waals surface area contributed by atoms with E-state index in [0.29, 0.717) is 6.04 Å². The zero-order valence-electron chi connectivity index (χ0n) is 14.4. The summed E-state index contributed by atoms with van der Waals surface area (Å²) < 4.78 is 48.5. The minimum absolute atomic E-state index is 0.176. The number of amides is 1. The van der Waals surface area contributed by atoms with Gasteiger partial charge in [0.1, 0.15) is 6.61 Å². The second kappa shape index (κ2) is 8.22.